The Bertz CT molecular complexity index is 366. The molecule has 5 heteroatoms. The van der Waals surface area contributed by atoms with Gasteiger partial charge in [0.05, 0.1) is 0 Å². The highest BCUT2D eigenvalue weighted by molar-refractivity contribution is 5.97. The molecule has 1 atom stereocenters. The zero-order chi connectivity index (χ0) is 15.6. The average molecular weight is 284 g/mol. The van der Waals surface area contributed by atoms with E-state index in [1.165, 1.54) is 0 Å². The topological polar surface area (TPSA) is 69.6 Å². The number of hydrogen-bond acceptors (Lipinski definition) is 3. The lowest BCUT2D eigenvalue weighted by Gasteiger charge is -2.37. The molecule has 1 saturated carbocycles. The molecular formula is C15H28N2O3. The quantitative estimate of drug-likeness (QED) is 0.754. The van der Waals surface area contributed by atoms with Gasteiger partial charge in [-0.2, -0.15) is 0 Å². The van der Waals surface area contributed by atoms with E-state index < -0.39 is 17.3 Å². The van der Waals surface area contributed by atoms with Gasteiger partial charge in [-0.1, -0.05) is 33.6 Å². The number of carboxylic acid groups (broad SMARTS) is 1. The van der Waals surface area contributed by atoms with E-state index in [1.807, 2.05) is 14.1 Å². The Morgan fingerprint density at radius 1 is 1.25 bits per heavy atom. The first kappa shape index (κ1) is 17.0. The molecule has 0 radical (unpaired) electrons. The molecule has 0 aliphatic heterocycles. The number of nitrogens with one attached hydrogen (secondary N) is 1. The van der Waals surface area contributed by atoms with Crippen LogP contribution in [0.25, 0.3) is 0 Å². The molecule has 0 heterocycles. The van der Waals surface area contributed by atoms with Gasteiger partial charge in [0.25, 0.3) is 0 Å². The minimum atomic E-state index is -1.06. The summed E-state index contributed by atoms with van der Waals surface area (Å²) in [4.78, 5) is 25.7. The highest BCUT2D eigenvalue weighted by Crippen LogP contribution is 2.33. The molecule has 0 aromatic heterocycles. The van der Waals surface area contributed by atoms with E-state index in [1.54, 1.807) is 20.8 Å². The van der Waals surface area contributed by atoms with E-state index in [0.717, 1.165) is 25.7 Å². The SMILES string of the molecule is CN(C)C1(CNC(=O)C(C(=O)O)C(C)(C)C)CCCC1. The van der Waals surface area contributed by atoms with Crippen LogP contribution in [0.3, 0.4) is 0 Å². The van der Waals surface area contributed by atoms with E-state index in [2.05, 4.69) is 10.2 Å². The summed E-state index contributed by atoms with van der Waals surface area (Å²) in [5.41, 5.74) is -0.604. The summed E-state index contributed by atoms with van der Waals surface area (Å²) in [6.45, 7) is 5.87. The second-order valence-corrected chi connectivity index (χ2v) is 7.18. The summed E-state index contributed by atoms with van der Waals surface area (Å²) in [6, 6.07) is 0. The Hall–Kier alpha value is -1.10. The van der Waals surface area contributed by atoms with Crippen molar-refractivity contribution < 1.29 is 14.7 Å². The molecule has 1 unspecified atom stereocenters. The van der Waals surface area contributed by atoms with Crippen LogP contribution in [0.5, 0.6) is 0 Å². The number of carboxylic acids is 1. The van der Waals surface area contributed by atoms with Crippen molar-refractivity contribution in [2.24, 2.45) is 11.3 Å². The Labute approximate surface area is 121 Å². The van der Waals surface area contributed by atoms with Crippen LogP contribution in [-0.4, -0.2) is 48.1 Å². The third kappa shape index (κ3) is 3.72. The van der Waals surface area contributed by atoms with E-state index in [4.69, 9.17) is 0 Å². The Kier molecular flexibility index (Phi) is 5.19. The van der Waals surface area contributed by atoms with Gasteiger partial charge in [0.15, 0.2) is 0 Å². The predicted octanol–water partition coefficient (Wildman–Crippen LogP) is 1.72. The van der Waals surface area contributed by atoms with Crippen molar-refractivity contribution in [2.75, 3.05) is 20.6 Å². The van der Waals surface area contributed by atoms with Crippen LogP contribution in [0.2, 0.25) is 0 Å². The van der Waals surface area contributed by atoms with Gasteiger partial charge in [0, 0.05) is 12.1 Å². The number of aliphatic carboxylic acids is 1. The first-order chi connectivity index (χ1) is 9.10. The normalized spacial score (nSPS) is 19.9. The molecule has 0 aromatic carbocycles. The molecular weight excluding hydrogens is 256 g/mol. The molecule has 1 aliphatic carbocycles. The number of likely N-dealkylation sites (N-methyl/N-ethyl adjacent to an activating group) is 1. The second kappa shape index (κ2) is 6.12. The highest BCUT2D eigenvalue weighted by Gasteiger charge is 2.40. The van der Waals surface area contributed by atoms with Crippen LogP contribution < -0.4 is 5.32 Å². The standard InChI is InChI=1S/C15H28N2O3/c1-14(2,3)11(13(19)20)12(18)16-10-15(17(4)5)8-6-7-9-15/h11H,6-10H2,1-5H3,(H,16,18)(H,19,20). The molecule has 5 nitrogen and oxygen atoms in total. The zero-order valence-electron chi connectivity index (χ0n) is 13.3. The van der Waals surface area contributed by atoms with Gasteiger partial charge in [-0.25, -0.2) is 0 Å². The van der Waals surface area contributed by atoms with Crippen molar-refractivity contribution in [1.29, 1.82) is 0 Å². The molecule has 0 saturated heterocycles. The monoisotopic (exact) mass is 284 g/mol. The lowest BCUT2D eigenvalue weighted by Crippen LogP contribution is -2.53. The zero-order valence-corrected chi connectivity index (χ0v) is 13.3. The molecule has 1 fully saturated rings. The van der Waals surface area contributed by atoms with Crippen LogP contribution >= 0.6 is 0 Å². The van der Waals surface area contributed by atoms with Gasteiger partial charge in [-0.15, -0.1) is 0 Å². The number of amides is 1. The van der Waals surface area contributed by atoms with Crippen molar-refractivity contribution in [3.8, 4) is 0 Å². The van der Waals surface area contributed by atoms with Crippen molar-refractivity contribution >= 4 is 11.9 Å². The summed E-state index contributed by atoms with van der Waals surface area (Å²) >= 11 is 0. The van der Waals surface area contributed by atoms with E-state index >= 15 is 0 Å². The lowest BCUT2D eigenvalue weighted by molar-refractivity contribution is -0.151. The minimum absolute atomic E-state index is 0.0173. The predicted molar refractivity (Wildman–Crippen MR) is 78.5 cm³/mol. The molecule has 2 N–H and O–H groups in total. The van der Waals surface area contributed by atoms with Crippen LogP contribution in [0.4, 0.5) is 0 Å². The lowest BCUT2D eigenvalue weighted by atomic mass is 9.80. The van der Waals surface area contributed by atoms with Gasteiger partial charge in [-0.05, 0) is 32.4 Å². The summed E-state index contributed by atoms with van der Waals surface area (Å²) in [7, 11) is 4.05. The van der Waals surface area contributed by atoms with Crippen LogP contribution in [0, 0.1) is 11.3 Å². The van der Waals surface area contributed by atoms with Gasteiger partial charge >= 0.3 is 5.97 Å². The van der Waals surface area contributed by atoms with Gasteiger partial charge in [0.1, 0.15) is 5.92 Å². The average Bonchev–Trinajstić information content (AvgIpc) is 2.73. The van der Waals surface area contributed by atoms with Gasteiger partial charge < -0.3 is 15.3 Å². The number of carbonyl (C=O) groups is 2. The highest BCUT2D eigenvalue weighted by atomic mass is 16.4. The minimum Gasteiger partial charge on any atom is -0.481 e. The second-order valence-electron chi connectivity index (χ2n) is 7.18. The number of hydrogen-bond donors (Lipinski definition) is 2. The van der Waals surface area contributed by atoms with E-state index in [9.17, 15) is 14.7 Å². The van der Waals surface area contributed by atoms with E-state index in [0.29, 0.717) is 6.54 Å². The van der Waals surface area contributed by atoms with Crippen LogP contribution in [-0.2, 0) is 9.59 Å². The summed E-state index contributed by atoms with van der Waals surface area (Å²) in [6.07, 6.45) is 4.42. The summed E-state index contributed by atoms with van der Waals surface area (Å²) in [5, 5.41) is 12.1. The van der Waals surface area contributed by atoms with Crippen molar-refractivity contribution in [2.45, 2.75) is 52.0 Å². The maximum atomic E-state index is 12.2. The fourth-order valence-corrected chi connectivity index (χ4v) is 3.04. The van der Waals surface area contributed by atoms with E-state index in [-0.39, 0.29) is 11.4 Å². The Balaban J connectivity index is 2.72. The molecule has 0 bridgehead atoms. The molecule has 1 amide bonds. The van der Waals surface area contributed by atoms with Gasteiger partial charge in [0.2, 0.25) is 5.91 Å². The first-order valence-electron chi connectivity index (χ1n) is 7.28. The van der Waals surface area contributed by atoms with Crippen molar-refractivity contribution in [3.63, 3.8) is 0 Å². The molecule has 1 rings (SSSR count). The number of nitrogens with zero attached hydrogens (tertiary/aromatic N) is 1. The maximum absolute atomic E-state index is 12.2. The number of rotatable bonds is 5. The molecule has 116 valence electrons. The Morgan fingerprint density at radius 2 is 1.75 bits per heavy atom. The summed E-state index contributed by atoms with van der Waals surface area (Å²) in [5.74, 6) is -2.44. The van der Waals surface area contributed by atoms with Crippen molar-refractivity contribution in [3.05, 3.63) is 0 Å². The van der Waals surface area contributed by atoms with Crippen LogP contribution in [0.15, 0.2) is 0 Å². The smallest absolute Gasteiger partial charge is 0.316 e. The molecule has 0 spiro atoms. The fourth-order valence-electron chi connectivity index (χ4n) is 3.04. The molecule has 1 aliphatic rings. The van der Waals surface area contributed by atoms with Crippen LogP contribution in [0.1, 0.15) is 46.5 Å². The molecule has 0 aromatic rings. The summed E-state index contributed by atoms with van der Waals surface area (Å²) < 4.78 is 0. The fraction of sp³-hybridized carbons (Fsp3) is 0.867. The van der Waals surface area contributed by atoms with Gasteiger partial charge in [-0.3, -0.25) is 9.59 Å². The number of carbonyl (C=O) groups excluding carboxylic acids is 1. The van der Waals surface area contributed by atoms with Crippen molar-refractivity contribution in [1.82, 2.24) is 10.2 Å². The largest absolute Gasteiger partial charge is 0.481 e. The Morgan fingerprint density at radius 3 is 2.10 bits per heavy atom. The molecule has 20 heavy (non-hydrogen) atoms. The first-order valence-corrected chi connectivity index (χ1v) is 7.28. The maximum Gasteiger partial charge on any atom is 0.316 e. The third-order valence-electron chi connectivity index (χ3n) is 4.45. The third-order valence-corrected chi connectivity index (χ3v) is 4.45.